The van der Waals surface area contributed by atoms with Crippen molar-refractivity contribution in [3.05, 3.63) is 22.4 Å². The monoisotopic (exact) mass is 221 g/mol. The van der Waals surface area contributed by atoms with Crippen LogP contribution in [-0.4, -0.2) is 13.1 Å². The predicted octanol–water partition coefficient (Wildman–Crippen LogP) is 3.07. The Balaban J connectivity index is 1.74. The molecule has 3 rings (SSSR count). The molecule has 82 valence electrons. The lowest BCUT2D eigenvalue weighted by Crippen LogP contribution is -2.58. The van der Waals surface area contributed by atoms with Crippen LogP contribution in [0.5, 0.6) is 0 Å². The molecule has 15 heavy (non-hydrogen) atoms. The number of thiophene rings is 1. The topological polar surface area (TPSA) is 12.0 Å². The zero-order valence-corrected chi connectivity index (χ0v) is 9.98. The number of hydrogen-bond acceptors (Lipinski definition) is 2. The van der Waals surface area contributed by atoms with Gasteiger partial charge >= 0.3 is 0 Å². The Morgan fingerprint density at radius 1 is 1.33 bits per heavy atom. The van der Waals surface area contributed by atoms with Crippen LogP contribution in [0.25, 0.3) is 0 Å². The predicted molar refractivity (Wildman–Crippen MR) is 65.3 cm³/mol. The lowest BCUT2D eigenvalue weighted by atomic mass is 9.66. The standard InChI is InChI=1S/C13H19NS/c1-2-4-12(3-1)13(9-14-10-13)7-11-5-6-15-8-11/h5-6,8,12,14H,1-4,7,9-10H2. The Morgan fingerprint density at radius 3 is 2.67 bits per heavy atom. The second-order valence-corrected chi connectivity index (χ2v) is 6.04. The lowest BCUT2D eigenvalue weighted by molar-refractivity contribution is 0.0813. The van der Waals surface area contributed by atoms with E-state index < -0.39 is 0 Å². The van der Waals surface area contributed by atoms with E-state index in [1.807, 2.05) is 11.3 Å². The van der Waals surface area contributed by atoms with E-state index in [4.69, 9.17) is 0 Å². The van der Waals surface area contributed by atoms with Crippen LogP contribution in [0.15, 0.2) is 16.8 Å². The molecule has 1 nitrogen and oxygen atoms in total. The van der Waals surface area contributed by atoms with Gasteiger partial charge in [-0.2, -0.15) is 11.3 Å². The van der Waals surface area contributed by atoms with Gasteiger partial charge in [0.2, 0.25) is 0 Å². The Hall–Kier alpha value is -0.340. The molecular formula is C13H19NS. The van der Waals surface area contributed by atoms with Gasteiger partial charge in [-0.1, -0.05) is 12.8 Å². The average molecular weight is 221 g/mol. The first-order valence-electron chi connectivity index (χ1n) is 6.11. The van der Waals surface area contributed by atoms with Gasteiger partial charge in [0.15, 0.2) is 0 Å². The minimum atomic E-state index is 0.623. The van der Waals surface area contributed by atoms with Crippen LogP contribution < -0.4 is 5.32 Å². The second kappa shape index (κ2) is 3.91. The van der Waals surface area contributed by atoms with Gasteiger partial charge in [-0.05, 0) is 47.6 Å². The van der Waals surface area contributed by atoms with Gasteiger partial charge in [-0.15, -0.1) is 0 Å². The maximum atomic E-state index is 3.49. The van der Waals surface area contributed by atoms with Crippen molar-refractivity contribution >= 4 is 11.3 Å². The third-order valence-electron chi connectivity index (χ3n) is 4.31. The second-order valence-electron chi connectivity index (χ2n) is 5.26. The van der Waals surface area contributed by atoms with Crippen molar-refractivity contribution in [2.24, 2.45) is 11.3 Å². The number of nitrogens with one attached hydrogen (secondary N) is 1. The molecule has 0 unspecified atom stereocenters. The maximum absolute atomic E-state index is 3.49. The summed E-state index contributed by atoms with van der Waals surface area (Å²) in [5.41, 5.74) is 2.19. The van der Waals surface area contributed by atoms with Gasteiger partial charge in [-0.3, -0.25) is 0 Å². The number of hydrogen-bond donors (Lipinski definition) is 1. The minimum Gasteiger partial charge on any atom is -0.315 e. The molecule has 1 aliphatic heterocycles. The van der Waals surface area contributed by atoms with Crippen molar-refractivity contribution in [2.75, 3.05) is 13.1 Å². The molecule has 2 heteroatoms. The smallest absolute Gasteiger partial charge is 0.00261 e. The fraction of sp³-hybridized carbons (Fsp3) is 0.692. The lowest BCUT2D eigenvalue weighted by Gasteiger charge is -2.47. The first-order valence-corrected chi connectivity index (χ1v) is 7.05. The molecule has 1 saturated heterocycles. The van der Waals surface area contributed by atoms with Gasteiger partial charge in [0, 0.05) is 18.5 Å². The summed E-state index contributed by atoms with van der Waals surface area (Å²) in [6, 6.07) is 2.31. The average Bonchev–Trinajstić information content (AvgIpc) is 2.84. The van der Waals surface area contributed by atoms with Crippen LogP contribution in [0.3, 0.4) is 0 Å². The summed E-state index contributed by atoms with van der Waals surface area (Å²) in [7, 11) is 0. The van der Waals surface area contributed by atoms with Gasteiger partial charge in [0.1, 0.15) is 0 Å². The van der Waals surface area contributed by atoms with E-state index >= 15 is 0 Å². The van der Waals surface area contributed by atoms with E-state index in [1.165, 1.54) is 45.2 Å². The first-order chi connectivity index (χ1) is 7.39. The third kappa shape index (κ3) is 1.74. The van der Waals surface area contributed by atoms with Crippen molar-refractivity contribution in [3.8, 4) is 0 Å². The minimum absolute atomic E-state index is 0.623. The molecule has 0 atom stereocenters. The van der Waals surface area contributed by atoms with Gasteiger partial charge in [0.25, 0.3) is 0 Å². The van der Waals surface area contributed by atoms with Gasteiger partial charge < -0.3 is 5.32 Å². The fourth-order valence-electron chi connectivity index (χ4n) is 3.34. The molecule has 1 aromatic heterocycles. The molecule has 1 N–H and O–H groups in total. The molecule has 1 aliphatic carbocycles. The Bertz CT molecular complexity index is 307. The van der Waals surface area contributed by atoms with E-state index in [2.05, 4.69) is 22.1 Å². The summed E-state index contributed by atoms with van der Waals surface area (Å²) in [6.45, 7) is 2.51. The van der Waals surface area contributed by atoms with E-state index in [0.717, 1.165) is 5.92 Å². The molecule has 0 radical (unpaired) electrons. The highest BCUT2D eigenvalue weighted by Gasteiger charge is 2.44. The SMILES string of the molecule is c1cc(CC2(C3CCCC3)CNC2)cs1. The normalized spacial score (nSPS) is 25.3. The summed E-state index contributed by atoms with van der Waals surface area (Å²) in [6.07, 6.45) is 7.21. The largest absolute Gasteiger partial charge is 0.315 e. The molecule has 2 aliphatic rings. The Labute approximate surface area is 95.9 Å². The van der Waals surface area contributed by atoms with Crippen molar-refractivity contribution in [3.63, 3.8) is 0 Å². The molecule has 1 saturated carbocycles. The molecule has 1 aromatic rings. The summed E-state index contributed by atoms with van der Waals surface area (Å²) in [5, 5.41) is 8.04. The molecule has 2 fully saturated rings. The van der Waals surface area contributed by atoms with Crippen molar-refractivity contribution in [2.45, 2.75) is 32.1 Å². The zero-order valence-electron chi connectivity index (χ0n) is 9.17. The summed E-state index contributed by atoms with van der Waals surface area (Å²) in [4.78, 5) is 0. The molecule has 0 spiro atoms. The molecule has 0 bridgehead atoms. The van der Waals surface area contributed by atoms with Crippen LogP contribution in [-0.2, 0) is 6.42 Å². The van der Waals surface area contributed by atoms with E-state index in [-0.39, 0.29) is 0 Å². The van der Waals surface area contributed by atoms with Gasteiger partial charge in [-0.25, -0.2) is 0 Å². The first kappa shape index (κ1) is 9.86. The van der Waals surface area contributed by atoms with Crippen molar-refractivity contribution in [1.29, 1.82) is 0 Å². The highest BCUT2D eigenvalue weighted by molar-refractivity contribution is 7.07. The van der Waals surface area contributed by atoms with Crippen molar-refractivity contribution < 1.29 is 0 Å². The van der Waals surface area contributed by atoms with E-state index in [1.54, 1.807) is 5.56 Å². The van der Waals surface area contributed by atoms with Crippen LogP contribution in [0.1, 0.15) is 31.2 Å². The number of rotatable bonds is 3. The van der Waals surface area contributed by atoms with Crippen LogP contribution in [0.2, 0.25) is 0 Å². The van der Waals surface area contributed by atoms with E-state index in [9.17, 15) is 0 Å². The maximum Gasteiger partial charge on any atom is 0.00261 e. The molecule has 0 aromatic carbocycles. The Morgan fingerprint density at radius 2 is 2.13 bits per heavy atom. The summed E-state index contributed by atoms with van der Waals surface area (Å²) >= 11 is 1.84. The highest BCUT2D eigenvalue weighted by atomic mass is 32.1. The van der Waals surface area contributed by atoms with E-state index in [0.29, 0.717) is 5.41 Å². The molecule has 2 heterocycles. The summed E-state index contributed by atoms with van der Waals surface area (Å²) < 4.78 is 0. The van der Waals surface area contributed by atoms with Gasteiger partial charge in [0.05, 0.1) is 0 Å². The van der Waals surface area contributed by atoms with Crippen LogP contribution in [0.4, 0.5) is 0 Å². The van der Waals surface area contributed by atoms with Crippen molar-refractivity contribution in [1.82, 2.24) is 5.32 Å². The Kier molecular flexibility index (Phi) is 2.57. The molecule has 0 amide bonds. The van der Waals surface area contributed by atoms with Crippen LogP contribution >= 0.6 is 11.3 Å². The highest BCUT2D eigenvalue weighted by Crippen LogP contribution is 2.44. The third-order valence-corrected chi connectivity index (χ3v) is 5.04. The summed E-state index contributed by atoms with van der Waals surface area (Å²) in [5.74, 6) is 0.999. The zero-order chi connectivity index (χ0) is 10.1. The fourth-order valence-corrected chi connectivity index (χ4v) is 4.01. The van der Waals surface area contributed by atoms with Crippen LogP contribution in [0, 0.1) is 11.3 Å². The quantitative estimate of drug-likeness (QED) is 0.827. The molecular weight excluding hydrogens is 202 g/mol.